The lowest BCUT2D eigenvalue weighted by molar-refractivity contribution is -0.116. The van der Waals surface area contributed by atoms with Crippen LogP contribution in [0.4, 0.5) is 11.4 Å². The van der Waals surface area contributed by atoms with Gasteiger partial charge in [-0.15, -0.1) is 0 Å². The summed E-state index contributed by atoms with van der Waals surface area (Å²) < 4.78 is 11.9. The number of para-hydroxylation sites is 2. The third-order valence-electron chi connectivity index (χ3n) is 5.84. The molecule has 2 aliphatic heterocycles. The quantitative estimate of drug-likeness (QED) is 0.348. The lowest BCUT2D eigenvalue weighted by atomic mass is 9.87. The van der Waals surface area contributed by atoms with E-state index in [1.807, 2.05) is 48.5 Å². The van der Waals surface area contributed by atoms with Crippen LogP contribution in [0, 0.1) is 0 Å². The summed E-state index contributed by atoms with van der Waals surface area (Å²) in [7, 11) is 0. The first-order valence-corrected chi connectivity index (χ1v) is 11.0. The number of nitrogens with one attached hydrogen (secondary N) is 2. The minimum absolute atomic E-state index is 0.229. The number of rotatable bonds is 2. The summed E-state index contributed by atoms with van der Waals surface area (Å²) in [6, 6.07) is 25.0. The average molecular weight is 469 g/mol. The van der Waals surface area contributed by atoms with E-state index in [0.29, 0.717) is 45.0 Å². The van der Waals surface area contributed by atoms with Crippen molar-refractivity contribution in [2.75, 3.05) is 10.6 Å². The predicted octanol–water partition coefficient (Wildman–Crippen LogP) is 6.57. The molecule has 2 amide bonds. The fourth-order valence-electron chi connectivity index (χ4n) is 4.28. The van der Waals surface area contributed by atoms with Gasteiger partial charge in [0.1, 0.15) is 17.2 Å². The fourth-order valence-corrected chi connectivity index (χ4v) is 4.45. The van der Waals surface area contributed by atoms with E-state index in [1.54, 1.807) is 36.4 Å². The molecule has 0 radical (unpaired) electrons. The first-order valence-electron chi connectivity index (χ1n) is 10.7. The van der Waals surface area contributed by atoms with E-state index in [0.717, 1.165) is 11.1 Å². The van der Waals surface area contributed by atoms with Gasteiger partial charge in [-0.25, -0.2) is 0 Å². The van der Waals surface area contributed by atoms with Gasteiger partial charge in [-0.05, 0) is 48.5 Å². The summed E-state index contributed by atoms with van der Waals surface area (Å²) in [5.41, 5.74) is 2.82. The van der Waals surface area contributed by atoms with Crippen LogP contribution in [0.2, 0.25) is 5.02 Å². The number of carbonyl (C=O) groups is 2. The van der Waals surface area contributed by atoms with Gasteiger partial charge in [0.15, 0.2) is 5.75 Å². The smallest absolute Gasteiger partial charge is 0.259 e. The predicted molar refractivity (Wildman–Crippen MR) is 129 cm³/mol. The highest BCUT2D eigenvalue weighted by atomic mass is 35.5. The van der Waals surface area contributed by atoms with E-state index in [2.05, 4.69) is 10.6 Å². The molecule has 0 unspecified atom stereocenters. The van der Waals surface area contributed by atoms with E-state index in [-0.39, 0.29) is 11.8 Å². The first kappa shape index (κ1) is 20.3. The number of hydrogen-bond acceptors (Lipinski definition) is 4. The number of benzene rings is 4. The molecule has 0 aromatic heterocycles. The molecular formula is C27H17ClN2O4. The third kappa shape index (κ3) is 3.45. The Morgan fingerprint density at radius 2 is 1.44 bits per heavy atom. The summed E-state index contributed by atoms with van der Waals surface area (Å²) in [6.45, 7) is 0. The van der Waals surface area contributed by atoms with Crippen molar-refractivity contribution in [3.8, 4) is 23.0 Å². The summed E-state index contributed by atoms with van der Waals surface area (Å²) in [4.78, 5) is 26.4. The second-order valence-electron chi connectivity index (χ2n) is 8.01. The van der Waals surface area contributed by atoms with Gasteiger partial charge in [0.25, 0.3) is 5.91 Å². The van der Waals surface area contributed by atoms with Crippen molar-refractivity contribution >= 4 is 34.8 Å². The zero-order valence-corrected chi connectivity index (χ0v) is 18.4. The van der Waals surface area contributed by atoms with Crippen molar-refractivity contribution in [1.29, 1.82) is 0 Å². The zero-order valence-electron chi connectivity index (χ0n) is 17.7. The molecule has 0 saturated carbocycles. The Morgan fingerprint density at radius 3 is 2.18 bits per heavy atom. The van der Waals surface area contributed by atoms with Crippen molar-refractivity contribution < 1.29 is 19.1 Å². The van der Waals surface area contributed by atoms with Crippen molar-refractivity contribution in [3.05, 3.63) is 107 Å². The molecule has 4 aromatic rings. The van der Waals surface area contributed by atoms with Crippen LogP contribution in [-0.4, -0.2) is 11.8 Å². The van der Waals surface area contributed by atoms with Gasteiger partial charge in [-0.1, -0.05) is 48.0 Å². The molecule has 4 aromatic carbocycles. The number of anilines is 2. The van der Waals surface area contributed by atoms with Gasteiger partial charge in [-0.2, -0.15) is 0 Å². The highest BCUT2D eigenvalue weighted by Crippen LogP contribution is 2.44. The topological polar surface area (TPSA) is 76.7 Å². The minimum atomic E-state index is -0.559. The van der Waals surface area contributed by atoms with Crippen molar-refractivity contribution in [3.63, 3.8) is 0 Å². The molecular weight excluding hydrogens is 452 g/mol. The normalized spacial score (nSPS) is 13.6. The van der Waals surface area contributed by atoms with E-state index in [4.69, 9.17) is 21.1 Å². The summed E-state index contributed by atoms with van der Waals surface area (Å²) in [5.74, 6) is 1.03. The molecule has 6 nitrogen and oxygen atoms in total. The Labute approximate surface area is 200 Å². The maximum absolute atomic E-state index is 13.5. The highest BCUT2D eigenvalue weighted by molar-refractivity contribution is 6.31. The molecule has 0 spiro atoms. The molecule has 0 atom stereocenters. The van der Waals surface area contributed by atoms with E-state index in [9.17, 15) is 9.59 Å². The Morgan fingerprint density at radius 1 is 0.794 bits per heavy atom. The second kappa shape index (κ2) is 7.93. The fraction of sp³-hybridized carbons (Fsp3) is 0.0370. The Hall–Kier alpha value is -4.29. The van der Waals surface area contributed by atoms with Crippen LogP contribution in [0.3, 0.4) is 0 Å². The minimum Gasteiger partial charge on any atom is -0.457 e. The third-order valence-corrected chi connectivity index (χ3v) is 6.08. The van der Waals surface area contributed by atoms with Gasteiger partial charge in [-0.3, -0.25) is 9.59 Å². The second-order valence-corrected chi connectivity index (χ2v) is 8.44. The summed E-state index contributed by atoms with van der Waals surface area (Å²) in [6.07, 6.45) is 0. The number of hydrogen-bond donors (Lipinski definition) is 2. The number of fused-ring (bicyclic) bond motifs is 4. The molecule has 0 saturated heterocycles. The van der Waals surface area contributed by atoms with Crippen LogP contribution >= 0.6 is 11.6 Å². The van der Waals surface area contributed by atoms with Crippen LogP contribution < -0.4 is 20.1 Å². The van der Waals surface area contributed by atoms with Gasteiger partial charge < -0.3 is 20.1 Å². The van der Waals surface area contributed by atoms with Crippen LogP contribution in [-0.2, 0) is 4.79 Å². The molecule has 2 aliphatic rings. The Balaban J connectivity index is 1.33. The molecule has 2 heterocycles. The van der Waals surface area contributed by atoms with Crippen molar-refractivity contribution in [2.24, 2.45) is 0 Å². The lowest BCUT2D eigenvalue weighted by Gasteiger charge is -2.27. The van der Waals surface area contributed by atoms with Gasteiger partial charge in [0.05, 0.1) is 17.2 Å². The molecule has 34 heavy (non-hydrogen) atoms. The lowest BCUT2D eigenvalue weighted by Crippen LogP contribution is -2.25. The van der Waals surface area contributed by atoms with Crippen molar-refractivity contribution in [2.45, 2.75) is 5.92 Å². The van der Waals surface area contributed by atoms with Crippen LogP contribution in [0.25, 0.3) is 0 Å². The molecule has 0 bridgehead atoms. The van der Waals surface area contributed by atoms with Crippen LogP contribution in [0.15, 0.2) is 84.9 Å². The zero-order chi connectivity index (χ0) is 23.2. The molecule has 7 heteroatoms. The Kier molecular flexibility index (Phi) is 4.74. The van der Waals surface area contributed by atoms with Crippen LogP contribution in [0.1, 0.15) is 27.4 Å². The average Bonchev–Trinajstić information content (AvgIpc) is 2.97. The van der Waals surface area contributed by atoms with Gasteiger partial charge in [0.2, 0.25) is 5.91 Å². The summed E-state index contributed by atoms with van der Waals surface area (Å²) >= 11 is 6.05. The molecule has 2 N–H and O–H groups in total. The monoisotopic (exact) mass is 468 g/mol. The van der Waals surface area contributed by atoms with Gasteiger partial charge in [0, 0.05) is 21.8 Å². The maximum atomic E-state index is 13.5. The number of ether oxygens (including phenoxy) is 2. The first-order chi connectivity index (χ1) is 16.6. The standard InChI is InChI=1S/C27H17ClN2O4/c28-15-9-11-24-20(13-15)30-26(31)19-14-16(10-12-23(19)34-24)29-27(32)25-17-5-1-3-7-21(17)33-22-8-4-2-6-18(22)25/h1-14,25H,(H,29,32)(H,30,31). The molecule has 166 valence electrons. The largest absolute Gasteiger partial charge is 0.457 e. The van der Waals surface area contributed by atoms with E-state index < -0.39 is 5.92 Å². The molecule has 0 aliphatic carbocycles. The molecule has 6 rings (SSSR count). The highest BCUT2D eigenvalue weighted by Gasteiger charge is 2.32. The maximum Gasteiger partial charge on any atom is 0.259 e. The number of amides is 2. The molecule has 0 fully saturated rings. The van der Waals surface area contributed by atoms with E-state index >= 15 is 0 Å². The number of carbonyl (C=O) groups excluding carboxylic acids is 2. The number of halogens is 1. The van der Waals surface area contributed by atoms with Gasteiger partial charge >= 0.3 is 0 Å². The summed E-state index contributed by atoms with van der Waals surface area (Å²) in [5, 5.41) is 6.26. The van der Waals surface area contributed by atoms with Crippen LogP contribution in [0.5, 0.6) is 23.0 Å². The van der Waals surface area contributed by atoms with E-state index in [1.165, 1.54) is 0 Å². The van der Waals surface area contributed by atoms with Crippen molar-refractivity contribution in [1.82, 2.24) is 0 Å². The SMILES string of the molecule is O=C1Nc2cc(Cl)ccc2Oc2ccc(NC(=O)C3c4ccccc4Oc4ccccc43)cc21. The Bertz CT molecular complexity index is 1440.